The maximum Gasteiger partial charge on any atom is 0.138 e. The van der Waals surface area contributed by atoms with Gasteiger partial charge in [-0.1, -0.05) is 0 Å². The Bertz CT molecular complexity index is 369. The topological polar surface area (TPSA) is 68.8 Å². The van der Waals surface area contributed by atoms with Crippen LogP contribution in [0.1, 0.15) is 0 Å². The molecule has 0 bridgehead atoms. The number of nitrogens with one attached hydrogen (secondary N) is 1. The molecule has 2 rings (SSSR count). The molecule has 74 valence electrons. The van der Waals surface area contributed by atoms with E-state index in [9.17, 15) is 0 Å². The number of benzene rings is 1. The lowest BCUT2D eigenvalue weighted by molar-refractivity contribution is 0.879. The minimum absolute atomic E-state index is 0. The van der Waals surface area contributed by atoms with Crippen molar-refractivity contribution < 1.29 is 0 Å². The SMILES string of the molecule is Cl.NNc1ccc(-n2cncn2)cc1. The molecule has 0 spiro atoms. The number of hydrazine groups is 1. The largest absolute Gasteiger partial charge is 0.324 e. The van der Waals surface area contributed by atoms with Gasteiger partial charge in [-0.15, -0.1) is 12.4 Å². The van der Waals surface area contributed by atoms with Gasteiger partial charge in [0.05, 0.1) is 5.69 Å². The second kappa shape index (κ2) is 4.59. The smallest absolute Gasteiger partial charge is 0.138 e. The number of aromatic nitrogens is 3. The Labute approximate surface area is 87.3 Å². The molecule has 3 N–H and O–H groups in total. The predicted octanol–water partition coefficient (Wildman–Crippen LogP) is 0.975. The second-order valence-electron chi connectivity index (χ2n) is 2.53. The summed E-state index contributed by atoms with van der Waals surface area (Å²) >= 11 is 0. The Morgan fingerprint density at radius 2 is 1.93 bits per heavy atom. The number of hydrogen-bond acceptors (Lipinski definition) is 4. The Kier molecular flexibility index (Phi) is 3.44. The molecule has 0 aliphatic rings. The lowest BCUT2D eigenvalue weighted by Crippen LogP contribution is -2.06. The van der Waals surface area contributed by atoms with Gasteiger partial charge < -0.3 is 5.43 Å². The summed E-state index contributed by atoms with van der Waals surface area (Å²) in [7, 11) is 0. The summed E-state index contributed by atoms with van der Waals surface area (Å²) in [5.41, 5.74) is 4.37. The minimum Gasteiger partial charge on any atom is -0.324 e. The predicted molar refractivity (Wildman–Crippen MR) is 56.4 cm³/mol. The van der Waals surface area contributed by atoms with Gasteiger partial charge in [0.2, 0.25) is 0 Å². The highest BCUT2D eigenvalue weighted by atomic mass is 35.5. The van der Waals surface area contributed by atoms with Crippen LogP contribution in [0.4, 0.5) is 5.69 Å². The van der Waals surface area contributed by atoms with E-state index in [1.807, 2.05) is 24.3 Å². The Balaban J connectivity index is 0.000000980. The average Bonchev–Trinajstić information content (AvgIpc) is 2.71. The van der Waals surface area contributed by atoms with Gasteiger partial charge >= 0.3 is 0 Å². The zero-order chi connectivity index (χ0) is 9.10. The summed E-state index contributed by atoms with van der Waals surface area (Å²) in [5, 5.41) is 4.00. The first-order valence-corrected chi connectivity index (χ1v) is 3.82. The molecule has 0 aliphatic heterocycles. The van der Waals surface area contributed by atoms with Crippen LogP contribution in [0.25, 0.3) is 5.69 Å². The zero-order valence-corrected chi connectivity index (χ0v) is 8.11. The summed E-state index contributed by atoms with van der Waals surface area (Å²) in [6, 6.07) is 7.56. The van der Waals surface area contributed by atoms with Crippen molar-refractivity contribution in [3.8, 4) is 5.69 Å². The van der Waals surface area contributed by atoms with Crippen LogP contribution in [0.5, 0.6) is 0 Å². The van der Waals surface area contributed by atoms with E-state index in [1.165, 1.54) is 6.33 Å². The summed E-state index contributed by atoms with van der Waals surface area (Å²) in [6.45, 7) is 0. The molecule has 0 fully saturated rings. The summed E-state index contributed by atoms with van der Waals surface area (Å²) in [6.07, 6.45) is 3.14. The first kappa shape index (κ1) is 10.5. The van der Waals surface area contributed by atoms with Crippen molar-refractivity contribution in [2.75, 3.05) is 5.43 Å². The van der Waals surface area contributed by atoms with Crippen LogP contribution >= 0.6 is 12.4 Å². The molecule has 6 heteroatoms. The molecule has 0 saturated carbocycles. The fourth-order valence-corrected chi connectivity index (χ4v) is 1.05. The van der Waals surface area contributed by atoms with Gasteiger partial charge in [-0.25, -0.2) is 9.67 Å². The van der Waals surface area contributed by atoms with Crippen molar-refractivity contribution in [2.24, 2.45) is 5.84 Å². The van der Waals surface area contributed by atoms with Crippen LogP contribution in [0.2, 0.25) is 0 Å². The van der Waals surface area contributed by atoms with E-state index in [0.29, 0.717) is 0 Å². The van der Waals surface area contributed by atoms with Gasteiger partial charge in [0.15, 0.2) is 0 Å². The number of anilines is 1. The molecule has 0 saturated heterocycles. The van der Waals surface area contributed by atoms with Crippen molar-refractivity contribution in [2.45, 2.75) is 0 Å². The number of hydrogen-bond donors (Lipinski definition) is 2. The van der Waals surface area contributed by atoms with Crippen LogP contribution in [-0.2, 0) is 0 Å². The molecule has 0 atom stereocenters. The highest BCUT2D eigenvalue weighted by Crippen LogP contribution is 2.10. The zero-order valence-electron chi connectivity index (χ0n) is 7.29. The molecule has 0 unspecified atom stereocenters. The van der Waals surface area contributed by atoms with Crippen LogP contribution in [0, 0.1) is 0 Å². The van der Waals surface area contributed by atoms with E-state index < -0.39 is 0 Å². The number of halogens is 1. The number of rotatable bonds is 2. The maximum absolute atomic E-state index is 5.23. The molecule has 0 aliphatic carbocycles. The first-order chi connectivity index (χ1) is 6.40. The molecule has 1 aromatic heterocycles. The van der Waals surface area contributed by atoms with Crippen LogP contribution in [0.3, 0.4) is 0 Å². The number of nitrogens with two attached hydrogens (primary N) is 1. The molecule has 14 heavy (non-hydrogen) atoms. The van der Waals surface area contributed by atoms with Gasteiger partial charge in [0.1, 0.15) is 12.7 Å². The average molecular weight is 212 g/mol. The van der Waals surface area contributed by atoms with Crippen molar-refractivity contribution in [3.05, 3.63) is 36.9 Å². The van der Waals surface area contributed by atoms with E-state index in [4.69, 9.17) is 5.84 Å². The second-order valence-corrected chi connectivity index (χ2v) is 2.53. The highest BCUT2D eigenvalue weighted by molar-refractivity contribution is 5.85. The first-order valence-electron chi connectivity index (χ1n) is 3.82. The van der Waals surface area contributed by atoms with Gasteiger partial charge in [0.25, 0.3) is 0 Å². The quantitative estimate of drug-likeness (QED) is 0.574. The van der Waals surface area contributed by atoms with Crippen LogP contribution in [-0.4, -0.2) is 14.8 Å². The third-order valence-corrected chi connectivity index (χ3v) is 1.72. The van der Waals surface area contributed by atoms with E-state index in [-0.39, 0.29) is 12.4 Å². The van der Waals surface area contributed by atoms with Crippen molar-refractivity contribution in [1.82, 2.24) is 14.8 Å². The van der Waals surface area contributed by atoms with E-state index in [0.717, 1.165) is 11.4 Å². The maximum atomic E-state index is 5.23. The highest BCUT2D eigenvalue weighted by Gasteiger charge is 1.95. The van der Waals surface area contributed by atoms with Gasteiger partial charge in [0, 0.05) is 5.69 Å². The Morgan fingerprint density at radius 3 is 2.43 bits per heavy atom. The third kappa shape index (κ3) is 2.01. The lowest BCUT2D eigenvalue weighted by Gasteiger charge is -2.02. The van der Waals surface area contributed by atoms with Gasteiger partial charge in [-0.05, 0) is 24.3 Å². The molecule has 2 aromatic rings. The van der Waals surface area contributed by atoms with E-state index in [2.05, 4.69) is 15.5 Å². The standard InChI is InChI=1S/C8H9N5.ClH/c9-12-7-1-3-8(4-2-7)13-6-10-5-11-13;/h1-6,12H,9H2;1H. The molecule has 0 amide bonds. The fraction of sp³-hybridized carbons (Fsp3) is 0. The van der Waals surface area contributed by atoms with E-state index >= 15 is 0 Å². The normalized spacial score (nSPS) is 9.21. The molecule has 1 aromatic carbocycles. The molecular formula is C8H10ClN5. The van der Waals surface area contributed by atoms with Crippen molar-refractivity contribution in [1.29, 1.82) is 0 Å². The van der Waals surface area contributed by atoms with E-state index in [1.54, 1.807) is 11.0 Å². The monoisotopic (exact) mass is 211 g/mol. The van der Waals surface area contributed by atoms with Crippen LogP contribution in [0.15, 0.2) is 36.9 Å². The molecule has 5 nitrogen and oxygen atoms in total. The van der Waals surface area contributed by atoms with Crippen molar-refractivity contribution in [3.63, 3.8) is 0 Å². The van der Waals surface area contributed by atoms with Gasteiger partial charge in [-0.3, -0.25) is 5.84 Å². The van der Waals surface area contributed by atoms with Crippen LogP contribution < -0.4 is 11.3 Å². The molecule has 1 heterocycles. The fourth-order valence-electron chi connectivity index (χ4n) is 1.05. The molecular weight excluding hydrogens is 202 g/mol. The molecule has 0 radical (unpaired) electrons. The van der Waals surface area contributed by atoms with Crippen molar-refractivity contribution >= 4 is 18.1 Å². The minimum atomic E-state index is 0. The lowest BCUT2D eigenvalue weighted by atomic mass is 10.3. The summed E-state index contributed by atoms with van der Waals surface area (Å²) in [4.78, 5) is 3.85. The summed E-state index contributed by atoms with van der Waals surface area (Å²) < 4.78 is 1.68. The number of nitrogen functional groups attached to an aromatic ring is 1. The Morgan fingerprint density at radius 1 is 1.21 bits per heavy atom. The summed E-state index contributed by atoms with van der Waals surface area (Å²) in [5.74, 6) is 5.23. The Hall–Kier alpha value is -1.59. The third-order valence-electron chi connectivity index (χ3n) is 1.72. The number of nitrogens with zero attached hydrogens (tertiary/aromatic N) is 3. The van der Waals surface area contributed by atoms with Gasteiger partial charge in [-0.2, -0.15) is 5.10 Å².